The minimum Gasteiger partial charge on any atom is -0.367 e. The van der Waals surface area contributed by atoms with Crippen LogP contribution < -0.4 is 16.6 Å². The first kappa shape index (κ1) is 16.9. The molecule has 1 aromatic heterocycles. The fourth-order valence-electron chi connectivity index (χ4n) is 2.11. The summed E-state index contributed by atoms with van der Waals surface area (Å²) in [5.41, 5.74) is -1.37. The average Bonchev–Trinajstić information content (AvgIpc) is 2.48. The topological polar surface area (TPSA) is 66.9 Å². The van der Waals surface area contributed by atoms with Gasteiger partial charge in [0.15, 0.2) is 0 Å². The van der Waals surface area contributed by atoms with Crippen molar-refractivity contribution in [2.24, 2.45) is 0 Å². The molecule has 0 saturated carbocycles. The van der Waals surface area contributed by atoms with Crippen molar-refractivity contribution in [3.8, 4) is 0 Å². The molecule has 0 amide bonds. The number of nitrogens with zero attached hydrogens (tertiary/aromatic N) is 1. The fourth-order valence-corrected chi connectivity index (χ4v) is 2.11. The Morgan fingerprint density at radius 2 is 1.96 bits per heavy atom. The molecular formula is C15H16F3N3O2. The summed E-state index contributed by atoms with van der Waals surface area (Å²) in [6, 6.07) is 6.05. The zero-order valence-corrected chi connectivity index (χ0v) is 12.4. The summed E-state index contributed by atoms with van der Waals surface area (Å²) in [5.74, 6) is 0.171. The Balaban J connectivity index is 2.16. The van der Waals surface area contributed by atoms with Gasteiger partial charge in [0, 0.05) is 19.2 Å². The summed E-state index contributed by atoms with van der Waals surface area (Å²) < 4.78 is 39.0. The molecule has 0 bridgehead atoms. The molecule has 2 aromatic rings. The Morgan fingerprint density at radius 1 is 1.22 bits per heavy atom. The van der Waals surface area contributed by atoms with Crippen LogP contribution in [0.5, 0.6) is 0 Å². The van der Waals surface area contributed by atoms with E-state index in [2.05, 4.69) is 10.3 Å². The van der Waals surface area contributed by atoms with E-state index in [1.54, 1.807) is 0 Å². The van der Waals surface area contributed by atoms with Crippen LogP contribution in [0.2, 0.25) is 0 Å². The molecule has 1 heterocycles. The SMILES string of the molecule is CCCn1c(=O)cc(NCc2cccc(C(F)(F)F)c2)[nH]c1=O. The number of hydrogen-bond acceptors (Lipinski definition) is 3. The van der Waals surface area contributed by atoms with E-state index in [-0.39, 0.29) is 12.4 Å². The van der Waals surface area contributed by atoms with Crippen LogP contribution in [-0.2, 0) is 19.3 Å². The number of benzene rings is 1. The predicted octanol–water partition coefficient (Wildman–Crippen LogP) is 2.58. The number of H-pyrrole nitrogens is 1. The van der Waals surface area contributed by atoms with Crippen LogP contribution in [0.25, 0.3) is 0 Å². The van der Waals surface area contributed by atoms with Crippen molar-refractivity contribution in [2.45, 2.75) is 32.6 Å². The smallest absolute Gasteiger partial charge is 0.367 e. The molecule has 1 aromatic carbocycles. The zero-order valence-electron chi connectivity index (χ0n) is 12.4. The van der Waals surface area contributed by atoms with Gasteiger partial charge in [-0.3, -0.25) is 14.3 Å². The Morgan fingerprint density at radius 3 is 2.57 bits per heavy atom. The minimum absolute atomic E-state index is 0.0527. The lowest BCUT2D eigenvalue weighted by molar-refractivity contribution is -0.137. The molecule has 0 atom stereocenters. The molecule has 0 aliphatic rings. The second kappa shape index (κ2) is 6.72. The lowest BCUT2D eigenvalue weighted by Gasteiger charge is -2.10. The molecule has 0 spiro atoms. The number of hydrogen-bond donors (Lipinski definition) is 2. The summed E-state index contributed by atoms with van der Waals surface area (Å²) in [5, 5.41) is 2.75. The van der Waals surface area contributed by atoms with E-state index in [0.717, 1.165) is 16.7 Å². The molecule has 0 saturated heterocycles. The van der Waals surface area contributed by atoms with Crippen molar-refractivity contribution in [1.29, 1.82) is 0 Å². The number of nitrogens with one attached hydrogen (secondary N) is 2. The number of alkyl halides is 3. The largest absolute Gasteiger partial charge is 0.416 e. The van der Waals surface area contributed by atoms with Crippen molar-refractivity contribution in [3.05, 3.63) is 62.3 Å². The van der Waals surface area contributed by atoms with Gasteiger partial charge in [-0.2, -0.15) is 13.2 Å². The monoisotopic (exact) mass is 327 g/mol. The summed E-state index contributed by atoms with van der Waals surface area (Å²) >= 11 is 0. The van der Waals surface area contributed by atoms with E-state index >= 15 is 0 Å². The molecule has 8 heteroatoms. The highest BCUT2D eigenvalue weighted by Crippen LogP contribution is 2.29. The summed E-state index contributed by atoms with van der Waals surface area (Å²) in [4.78, 5) is 26.1. The van der Waals surface area contributed by atoms with Gasteiger partial charge in [0.1, 0.15) is 5.82 Å². The number of aromatic nitrogens is 2. The van der Waals surface area contributed by atoms with Crippen LogP contribution in [0.1, 0.15) is 24.5 Å². The fraction of sp³-hybridized carbons (Fsp3) is 0.333. The molecule has 5 nitrogen and oxygen atoms in total. The highest BCUT2D eigenvalue weighted by molar-refractivity contribution is 5.35. The van der Waals surface area contributed by atoms with E-state index in [0.29, 0.717) is 18.5 Å². The number of rotatable bonds is 5. The van der Waals surface area contributed by atoms with E-state index in [1.165, 1.54) is 18.2 Å². The summed E-state index contributed by atoms with van der Waals surface area (Å²) in [6.45, 7) is 2.20. The molecule has 2 N–H and O–H groups in total. The third-order valence-electron chi connectivity index (χ3n) is 3.21. The minimum atomic E-state index is -4.41. The van der Waals surface area contributed by atoms with Crippen LogP contribution in [0.15, 0.2) is 39.9 Å². The molecule has 0 fully saturated rings. The lowest BCUT2D eigenvalue weighted by Crippen LogP contribution is -2.35. The maximum Gasteiger partial charge on any atom is 0.416 e. The van der Waals surface area contributed by atoms with E-state index in [4.69, 9.17) is 0 Å². The van der Waals surface area contributed by atoms with Gasteiger partial charge in [-0.05, 0) is 24.1 Å². The summed E-state index contributed by atoms with van der Waals surface area (Å²) in [6.07, 6.45) is -3.77. The quantitative estimate of drug-likeness (QED) is 0.887. The van der Waals surface area contributed by atoms with Gasteiger partial charge in [-0.15, -0.1) is 0 Å². The first-order valence-corrected chi connectivity index (χ1v) is 7.05. The molecule has 0 aliphatic carbocycles. The third-order valence-corrected chi connectivity index (χ3v) is 3.21. The Labute approximate surface area is 129 Å². The van der Waals surface area contributed by atoms with Gasteiger partial charge in [-0.25, -0.2) is 4.79 Å². The van der Waals surface area contributed by atoms with Gasteiger partial charge in [0.05, 0.1) is 5.56 Å². The predicted molar refractivity (Wildman–Crippen MR) is 80.4 cm³/mol. The van der Waals surface area contributed by atoms with Gasteiger partial charge in [-0.1, -0.05) is 19.1 Å². The van der Waals surface area contributed by atoms with Crippen molar-refractivity contribution in [3.63, 3.8) is 0 Å². The van der Waals surface area contributed by atoms with Crippen molar-refractivity contribution >= 4 is 5.82 Å². The van der Waals surface area contributed by atoms with Crippen LogP contribution >= 0.6 is 0 Å². The number of aromatic amines is 1. The second-order valence-electron chi connectivity index (χ2n) is 5.03. The van der Waals surface area contributed by atoms with Gasteiger partial charge in [0.25, 0.3) is 5.56 Å². The Kier molecular flexibility index (Phi) is 4.92. The summed E-state index contributed by atoms with van der Waals surface area (Å²) in [7, 11) is 0. The zero-order chi connectivity index (χ0) is 17.0. The van der Waals surface area contributed by atoms with Crippen LogP contribution in [-0.4, -0.2) is 9.55 Å². The van der Waals surface area contributed by atoms with Crippen molar-refractivity contribution in [2.75, 3.05) is 5.32 Å². The normalized spacial score (nSPS) is 11.5. The number of halogens is 3. The van der Waals surface area contributed by atoms with Crippen LogP contribution in [0.3, 0.4) is 0 Å². The van der Waals surface area contributed by atoms with Crippen molar-refractivity contribution < 1.29 is 13.2 Å². The molecule has 23 heavy (non-hydrogen) atoms. The lowest BCUT2D eigenvalue weighted by atomic mass is 10.1. The van der Waals surface area contributed by atoms with Gasteiger partial charge in [0.2, 0.25) is 0 Å². The van der Waals surface area contributed by atoms with Crippen LogP contribution in [0.4, 0.5) is 19.0 Å². The first-order valence-electron chi connectivity index (χ1n) is 7.05. The molecule has 0 aliphatic heterocycles. The Hall–Kier alpha value is -2.51. The van der Waals surface area contributed by atoms with Gasteiger partial charge >= 0.3 is 11.9 Å². The number of anilines is 1. The van der Waals surface area contributed by atoms with Crippen molar-refractivity contribution in [1.82, 2.24) is 9.55 Å². The molecule has 124 valence electrons. The first-order chi connectivity index (χ1) is 10.8. The Bertz CT molecular complexity index is 762. The van der Waals surface area contributed by atoms with Crippen LogP contribution in [0, 0.1) is 0 Å². The van der Waals surface area contributed by atoms with Gasteiger partial charge < -0.3 is 5.32 Å². The maximum atomic E-state index is 12.6. The molecule has 0 unspecified atom stereocenters. The molecule has 2 rings (SSSR count). The molecular weight excluding hydrogens is 311 g/mol. The maximum absolute atomic E-state index is 12.6. The highest BCUT2D eigenvalue weighted by atomic mass is 19.4. The van der Waals surface area contributed by atoms with E-state index in [1.807, 2.05) is 6.92 Å². The second-order valence-corrected chi connectivity index (χ2v) is 5.03. The standard InChI is InChI=1S/C15H16F3N3O2/c1-2-6-21-13(22)8-12(20-14(21)23)19-9-10-4-3-5-11(7-10)15(16,17)18/h3-5,7-8,19H,2,6,9H2,1H3,(H,20,23). The van der Waals surface area contributed by atoms with E-state index in [9.17, 15) is 22.8 Å². The highest BCUT2D eigenvalue weighted by Gasteiger charge is 2.30. The molecule has 0 radical (unpaired) electrons. The average molecular weight is 327 g/mol. The third kappa shape index (κ3) is 4.24. The van der Waals surface area contributed by atoms with E-state index < -0.39 is 23.0 Å².